The highest BCUT2D eigenvalue weighted by molar-refractivity contribution is 5.85. The summed E-state index contributed by atoms with van der Waals surface area (Å²) in [5.74, 6) is 1.40. The second-order valence-electron chi connectivity index (χ2n) is 8.15. The predicted octanol–water partition coefficient (Wildman–Crippen LogP) is 3.14. The van der Waals surface area contributed by atoms with Gasteiger partial charge in [-0.1, -0.05) is 49.4 Å². The maximum atomic E-state index is 12.8. The quantitative estimate of drug-likeness (QED) is 0.851. The third kappa shape index (κ3) is 4.14. The van der Waals surface area contributed by atoms with E-state index < -0.39 is 0 Å². The Morgan fingerprint density at radius 3 is 2.55 bits per heavy atom. The number of ether oxygens (including phenoxy) is 1. The van der Waals surface area contributed by atoms with Crippen molar-refractivity contribution in [3.63, 3.8) is 0 Å². The monoisotopic (exact) mass is 392 g/mol. The van der Waals surface area contributed by atoms with Crippen molar-refractivity contribution in [1.82, 2.24) is 10.2 Å². The average molecular weight is 392 g/mol. The molecule has 5 heteroatoms. The molecule has 5 nitrogen and oxygen atoms in total. The van der Waals surface area contributed by atoms with Crippen LogP contribution in [-0.2, 0) is 16.0 Å². The van der Waals surface area contributed by atoms with Crippen LogP contribution in [0.25, 0.3) is 11.1 Å². The number of methoxy groups -OCH3 is 1. The third-order valence-electron chi connectivity index (χ3n) is 6.11. The van der Waals surface area contributed by atoms with Crippen molar-refractivity contribution in [1.29, 1.82) is 0 Å². The van der Waals surface area contributed by atoms with Crippen LogP contribution in [0, 0.1) is 17.8 Å². The molecule has 1 saturated heterocycles. The number of para-hydroxylation sites is 1. The summed E-state index contributed by atoms with van der Waals surface area (Å²) in [5, 5.41) is 2.99. The largest absolute Gasteiger partial charge is 0.496 e. The Hall–Kier alpha value is -2.82. The van der Waals surface area contributed by atoms with Gasteiger partial charge in [-0.25, -0.2) is 0 Å². The Morgan fingerprint density at radius 1 is 1.14 bits per heavy atom. The number of nitrogens with one attached hydrogen (secondary N) is 1. The molecule has 2 aromatic rings. The van der Waals surface area contributed by atoms with Crippen LogP contribution in [0.2, 0.25) is 0 Å². The Bertz CT molecular complexity index is 911. The van der Waals surface area contributed by atoms with E-state index in [1.165, 1.54) is 0 Å². The molecule has 1 saturated carbocycles. The predicted molar refractivity (Wildman–Crippen MR) is 112 cm³/mol. The minimum atomic E-state index is -0.258. The molecule has 0 aromatic heterocycles. The number of nitrogens with zero attached hydrogens (tertiary/aromatic N) is 1. The van der Waals surface area contributed by atoms with E-state index in [0.29, 0.717) is 32.0 Å². The van der Waals surface area contributed by atoms with Crippen molar-refractivity contribution >= 4 is 11.8 Å². The molecule has 4 rings (SSSR count). The lowest BCUT2D eigenvalue weighted by Gasteiger charge is -2.24. The van der Waals surface area contributed by atoms with Crippen molar-refractivity contribution in [2.45, 2.75) is 19.8 Å². The topological polar surface area (TPSA) is 58.6 Å². The number of carbonyl (C=O) groups is 2. The zero-order valence-electron chi connectivity index (χ0n) is 17.1. The van der Waals surface area contributed by atoms with Gasteiger partial charge in [0.05, 0.1) is 13.0 Å². The van der Waals surface area contributed by atoms with E-state index in [-0.39, 0.29) is 23.7 Å². The van der Waals surface area contributed by atoms with E-state index >= 15 is 0 Å². The summed E-state index contributed by atoms with van der Waals surface area (Å²) in [6.07, 6.45) is 1.56. The summed E-state index contributed by atoms with van der Waals surface area (Å²) < 4.78 is 5.55. The summed E-state index contributed by atoms with van der Waals surface area (Å²) >= 11 is 0. The van der Waals surface area contributed by atoms with E-state index in [2.05, 4.69) is 24.4 Å². The fourth-order valence-corrected chi connectivity index (χ4v) is 4.25. The van der Waals surface area contributed by atoms with Gasteiger partial charge in [0, 0.05) is 31.1 Å². The Labute approximate surface area is 172 Å². The molecule has 2 amide bonds. The van der Waals surface area contributed by atoms with Crippen molar-refractivity contribution < 1.29 is 14.3 Å². The first-order chi connectivity index (χ1) is 14.1. The second-order valence-corrected chi connectivity index (χ2v) is 8.15. The molecule has 2 aromatic carbocycles. The minimum Gasteiger partial charge on any atom is -0.496 e. The zero-order valence-corrected chi connectivity index (χ0v) is 17.1. The second kappa shape index (κ2) is 8.27. The lowest BCUT2D eigenvalue weighted by molar-refractivity contribution is -0.133. The molecule has 2 fully saturated rings. The van der Waals surface area contributed by atoms with Crippen molar-refractivity contribution in [2.75, 3.05) is 26.7 Å². The normalized spacial score (nSPS) is 23.9. The Morgan fingerprint density at radius 2 is 1.83 bits per heavy atom. The van der Waals surface area contributed by atoms with Gasteiger partial charge in [0.25, 0.3) is 0 Å². The van der Waals surface area contributed by atoms with E-state index in [0.717, 1.165) is 28.9 Å². The number of amides is 2. The fraction of sp³-hybridized carbons (Fsp3) is 0.417. The molecule has 0 radical (unpaired) electrons. The summed E-state index contributed by atoms with van der Waals surface area (Å²) in [6, 6.07) is 16.1. The highest BCUT2D eigenvalue weighted by atomic mass is 16.5. The van der Waals surface area contributed by atoms with Crippen LogP contribution in [0.15, 0.2) is 48.5 Å². The van der Waals surface area contributed by atoms with Gasteiger partial charge in [0.15, 0.2) is 0 Å². The van der Waals surface area contributed by atoms with Crippen LogP contribution in [-0.4, -0.2) is 43.5 Å². The smallest absolute Gasteiger partial charge is 0.226 e. The summed E-state index contributed by atoms with van der Waals surface area (Å²) in [5.41, 5.74) is 3.17. The maximum absolute atomic E-state index is 12.8. The van der Waals surface area contributed by atoms with Gasteiger partial charge in [0.1, 0.15) is 5.75 Å². The number of carbonyl (C=O) groups excluding carboxylic acids is 2. The summed E-state index contributed by atoms with van der Waals surface area (Å²) in [6.45, 7) is 3.72. The molecule has 3 atom stereocenters. The average Bonchev–Trinajstić information content (AvgIpc) is 3.51. The fourth-order valence-electron chi connectivity index (χ4n) is 4.25. The first-order valence-electron chi connectivity index (χ1n) is 10.4. The first-order valence-corrected chi connectivity index (χ1v) is 10.4. The Kier molecular flexibility index (Phi) is 5.56. The highest BCUT2D eigenvalue weighted by Crippen LogP contribution is 2.39. The van der Waals surface area contributed by atoms with E-state index in [1.807, 2.05) is 41.3 Å². The minimum absolute atomic E-state index is 0.0268. The lowest BCUT2D eigenvalue weighted by atomic mass is 9.91. The molecule has 2 aliphatic rings. The number of hydrogen-bond donors (Lipinski definition) is 1. The van der Waals surface area contributed by atoms with Gasteiger partial charge in [0.2, 0.25) is 11.8 Å². The molecule has 29 heavy (non-hydrogen) atoms. The molecule has 0 spiro atoms. The summed E-state index contributed by atoms with van der Waals surface area (Å²) in [4.78, 5) is 27.4. The van der Waals surface area contributed by atoms with Crippen LogP contribution in [0.1, 0.15) is 18.9 Å². The van der Waals surface area contributed by atoms with Crippen LogP contribution < -0.4 is 10.1 Å². The standard InChI is InChI=1S/C24H28N2O3/c1-16-13-21(16)24(28)26-12-11-25-23(27)18(15-26)14-17-7-3-4-8-19(17)20-9-5-6-10-22(20)29-2/h3-10,16,18,21H,11-15H2,1-2H3,(H,25,27)/t16-,18-,21+/m1/s1. The highest BCUT2D eigenvalue weighted by Gasteiger charge is 2.42. The lowest BCUT2D eigenvalue weighted by Crippen LogP contribution is -2.38. The van der Waals surface area contributed by atoms with Gasteiger partial charge in [-0.3, -0.25) is 9.59 Å². The SMILES string of the molecule is COc1ccccc1-c1ccccc1C[C@@H]1CN(C(=O)[C@H]2C[C@H]2C)CCNC1=O. The number of hydrogen-bond acceptors (Lipinski definition) is 3. The van der Waals surface area contributed by atoms with E-state index in [1.54, 1.807) is 7.11 Å². The van der Waals surface area contributed by atoms with Crippen LogP contribution in [0.5, 0.6) is 5.75 Å². The van der Waals surface area contributed by atoms with Crippen molar-refractivity contribution in [2.24, 2.45) is 17.8 Å². The molecule has 1 N–H and O–H groups in total. The van der Waals surface area contributed by atoms with Crippen LogP contribution in [0.4, 0.5) is 0 Å². The maximum Gasteiger partial charge on any atom is 0.226 e. The molecule has 0 bridgehead atoms. The van der Waals surface area contributed by atoms with Crippen LogP contribution in [0.3, 0.4) is 0 Å². The molecule has 1 aliphatic heterocycles. The Balaban J connectivity index is 1.59. The van der Waals surface area contributed by atoms with Gasteiger partial charge in [-0.05, 0) is 36.0 Å². The number of benzene rings is 2. The molecular formula is C24H28N2O3. The van der Waals surface area contributed by atoms with Crippen molar-refractivity contribution in [3.05, 3.63) is 54.1 Å². The van der Waals surface area contributed by atoms with E-state index in [9.17, 15) is 9.59 Å². The third-order valence-corrected chi connectivity index (χ3v) is 6.11. The van der Waals surface area contributed by atoms with Gasteiger partial charge in [-0.15, -0.1) is 0 Å². The van der Waals surface area contributed by atoms with E-state index in [4.69, 9.17) is 4.74 Å². The molecule has 0 unspecified atom stereocenters. The molecule has 1 aliphatic carbocycles. The van der Waals surface area contributed by atoms with Gasteiger partial charge in [-0.2, -0.15) is 0 Å². The molecular weight excluding hydrogens is 364 g/mol. The first kappa shape index (κ1) is 19.5. The molecule has 1 heterocycles. The van der Waals surface area contributed by atoms with Gasteiger partial charge < -0.3 is 15.0 Å². The zero-order chi connectivity index (χ0) is 20.4. The molecule has 152 valence electrons. The number of rotatable bonds is 5. The van der Waals surface area contributed by atoms with Crippen molar-refractivity contribution in [3.8, 4) is 16.9 Å². The summed E-state index contributed by atoms with van der Waals surface area (Å²) in [7, 11) is 1.67. The van der Waals surface area contributed by atoms with Crippen LogP contribution >= 0.6 is 0 Å². The van der Waals surface area contributed by atoms with Gasteiger partial charge >= 0.3 is 0 Å².